The molecule has 0 bridgehead atoms. The molecule has 1 aliphatic heterocycles. The summed E-state index contributed by atoms with van der Waals surface area (Å²) >= 11 is 0. The molecule has 5 nitrogen and oxygen atoms in total. The van der Waals surface area contributed by atoms with Crippen molar-refractivity contribution in [2.24, 2.45) is 0 Å². The van der Waals surface area contributed by atoms with Gasteiger partial charge in [0.2, 0.25) is 5.91 Å². The largest absolute Gasteiger partial charge is 0.495 e. The van der Waals surface area contributed by atoms with Gasteiger partial charge in [-0.15, -0.1) is 0 Å². The minimum atomic E-state index is -0.185. The lowest BCUT2D eigenvalue weighted by Crippen LogP contribution is -2.52. The van der Waals surface area contributed by atoms with Crippen molar-refractivity contribution in [3.05, 3.63) is 53.6 Å². The molecule has 3 rings (SSSR count). The van der Waals surface area contributed by atoms with Gasteiger partial charge in [-0.1, -0.05) is 18.2 Å². The van der Waals surface area contributed by atoms with E-state index >= 15 is 0 Å². The van der Waals surface area contributed by atoms with Gasteiger partial charge in [-0.3, -0.25) is 9.69 Å². The zero-order valence-electron chi connectivity index (χ0n) is 16.7. The highest BCUT2D eigenvalue weighted by molar-refractivity contribution is 5.96. The number of carbonyl (C=O) groups is 1. The van der Waals surface area contributed by atoms with Gasteiger partial charge in [-0.25, -0.2) is 0 Å². The van der Waals surface area contributed by atoms with Crippen LogP contribution in [0.2, 0.25) is 0 Å². The van der Waals surface area contributed by atoms with Crippen molar-refractivity contribution in [2.75, 3.05) is 43.5 Å². The molecule has 0 aromatic heterocycles. The Morgan fingerprint density at radius 1 is 1.04 bits per heavy atom. The second-order valence-corrected chi connectivity index (χ2v) is 7.23. The first-order valence-corrected chi connectivity index (χ1v) is 9.49. The average molecular weight is 367 g/mol. The highest BCUT2D eigenvalue weighted by atomic mass is 16.5. The molecule has 1 amide bonds. The number of aryl methyl sites for hydroxylation is 2. The van der Waals surface area contributed by atoms with E-state index in [4.69, 9.17) is 4.74 Å². The van der Waals surface area contributed by atoms with Crippen molar-refractivity contribution in [2.45, 2.75) is 26.8 Å². The van der Waals surface area contributed by atoms with Gasteiger partial charge >= 0.3 is 0 Å². The fourth-order valence-corrected chi connectivity index (χ4v) is 3.51. The van der Waals surface area contributed by atoms with E-state index in [9.17, 15) is 4.79 Å². The Morgan fingerprint density at radius 3 is 2.41 bits per heavy atom. The zero-order valence-corrected chi connectivity index (χ0v) is 16.7. The van der Waals surface area contributed by atoms with E-state index in [1.54, 1.807) is 7.11 Å². The summed E-state index contributed by atoms with van der Waals surface area (Å²) in [6.45, 7) is 9.68. The molecule has 2 aromatic rings. The van der Waals surface area contributed by atoms with E-state index in [0.29, 0.717) is 5.75 Å². The predicted molar refractivity (Wildman–Crippen MR) is 111 cm³/mol. The van der Waals surface area contributed by atoms with Crippen LogP contribution in [0.3, 0.4) is 0 Å². The first-order chi connectivity index (χ1) is 13.0. The van der Waals surface area contributed by atoms with Gasteiger partial charge in [0.15, 0.2) is 0 Å². The van der Waals surface area contributed by atoms with Crippen molar-refractivity contribution in [1.29, 1.82) is 0 Å². The molecule has 27 heavy (non-hydrogen) atoms. The Balaban J connectivity index is 1.59. The summed E-state index contributed by atoms with van der Waals surface area (Å²) in [4.78, 5) is 17.4. The van der Waals surface area contributed by atoms with Crippen molar-refractivity contribution in [3.8, 4) is 5.75 Å². The number of hydrogen-bond donors (Lipinski definition) is 1. The van der Waals surface area contributed by atoms with E-state index in [2.05, 4.69) is 46.3 Å². The van der Waals surface area contributed by atoms with Gasteiger partial charge in [0.05, 0.1) is 18.8 Å². The summed E-state index contributed by atoms with van der Waals surface area (Å²) in [5.74, 6) is 0.688. The standard InChI is InChI=1S/C22H29N3O2/c1-16-6-5-7-19(14-16)25-12-10-24(11-13-25)18(3)22(26)23-20-15-17(2)8-9-21(20)27-4/h5-9,14-15,18H,10-13H2,1-4H3,(H,23,26). The summed E-state index contributed by atoms with van der Waals surface area (Å²) < 4.78 is 5.36. The maximum absolute atomic E-state index is 12.8. The van der Waals surface area contributed by atoms with Crippen LogP contribution in [0.1, 0.15) is 18.1 Å². The van der Waals surface area contributed by atoms with Gasteiger partial charge in [-0.05, 0) is 56.2 Å². The van der Waals surface area contributed by atoms with E-state index in [-0.39, 0.29) is 11.9 Å². The number of ether oxygens (including phenoxy) is 1. The molecule has 0 radical (unpaired) electrons. The number of anilines is 2. The fraction of sp³-hybridized carbons (Fsp3) is 0.409. The third kappa shape index (κ3) is 4.61. The average Bonchev–Trinajstić information content (AvgIpc) is 2.67. The van der Waals surface area contributed by atoms with Crippen LogP contribution < -0.4 is 15.0 Å². The highest BCUT2D eigenvalue weighted by Gasteiger charge is 2.26. The number of amides is 1. The molecular weight excluding hydrogens is 338 g/mol. The van der Waals surface area contributed by atoms with Gasteiger partial charge in [0.25, 0.3) is 0 Å². The number of carbonyl (C=O) groups excluding carboxylic acids is 1. The summed E-state index contributed by atoms with van der Waals surface area (Å²) in [6, 6.07) is 14.2. The molecule has 1 aliphatic rings. The Hall–Kier alpha value is -2.53. The van der Waals surface area contributed by atoms with Crippen LogP contribution in [-0.2, 0) is 4.79 Å². The molecular formula is C22H29N3O2. The molecule has 1 atom stereocenters. The van der Waals surface area contributed by atoms with E-state index in [0.717, 1.165) is 37.4 Å². The molecule has 1 unspecified atom stereocenters. The Kier molecular flexibility index (Phi) is 6.01. The minimum absolute atomic E-state index is 0.00269. The van der Waals surface area contributed by atoms with Crippen LogP contribution in [0, 0.1) is 13.8 Å². The Morgan fingerprint density at radius 2 is 1.74 bits per heavy atom. The van der Waals surface area contributed by atoms with Crippen LogP contribution in [-0.4, -0.2) is 50.1 Å². The summed E-state index contributed by atoms with van der Waals surface area (Å²) in [5, 5.41) is 3.03. The van der Waals surface area contributed by atoms with Gasteiger partial charge in [0.1, 0.15) is 5.75 Å². The minimum Gasteiger partial charge on any atom is -0.495 e. The van der Waals surface area contributed by atoms with Crippen LogP contribution in [0.15, 0.2) is 42.5 Å². The molecule has 1 heterocycles. The van der Waals surface area contributed by atoms with E-state index in [1.165, 1.54) is 11.3 Å². The molecule has 0 spiro atoms. The third-order valence-corrected chi connectivity index (χ3v) is 5.22. The molecule has 0 saturated carbocycles. The van der Waals surface area contributed by atoms with Crippen molar-refractivity contribution in [3.63, 3.8) is 0 Å². The molecule has 1 saturated heterocycles. The first kappa shape index (κ1) is 19.2. The second-order valence-electron chi connectivity index (χ2n) is 7.23. The smallest absolute Gasteiger partial charge is 0.241 e. The van der Waals surface area contributed by atoms with Crippen molar-refractivity contribution in [1.82, 2.24) is 4.90 Å². The topological polar surface area (TPSA) is 44.8 Å². The first-order valence-electron chi connectivity index (χ1n) is 9.49. The Bertz CT molecular complexity index is 798. The molecule has 1 N–H and O–H groups in total. The van der Waals surface area contributed by atoms with Gasteiger partial charge in [0, 0.05) is 31.9 Å². The second kappa shape index (κ2) is 8.44. The molecule has 5 heteroatoms. The Labute approximate surface area is 161 Å². The lowest BCUT2D eigenvalue weighted by atomic mass is 10.1. The zero-order chi connectivity index (χ0) is 19.4. The van der Waals surface area contributed by atoms with Crippen molar-refractivity contribution >= 4 is 17.3 Å². The molecule has 144 valence electrons. The van der Waals surface area contributed by atoms with Crippen molar-refractivity contribution < 1.29 is 9.53 Å². The lowest BCUT2D eigenvalue weighted by molar-refractivity contribution is -0.120. The number of rotatable bonds is 5. The number of hydrogen-bond acceptors (Lipinski definition) is 4. The number of benzene rings is 2. The number of nitrogens with one attached hydrogen (secondary N) is 1. The summed E-state index contributed by atoms with van der Waals surface area (Å²) in [5.41, 5.74) is 4.35. The number of methoxy groups -OCH3 is 1. The monoisotopic (exact) mass is 367 g/mol. The number of nitrogens with zero attached hydrogens (tertiary/aromatic N) is 2. The maximum Gasteiger partial charge on any atom is 0.241 e. The van der Waals surface area contributed by atoms with E-state index in [1.807, 2.05) is 32.0 Å². The van der Waals surface area contributed by atoms with Gasteiger partial charge < -0.3 is 15.0 Å². The van der Waals surface area contributed by atoms with Crippen LogP contribution in [0.25, 0.3) is 0 Å². The maximum atomic E-state index is 12.8. The quantitative estimate of drug-likeness (QED) is 0.879. The molecule has 0 aliphatic carbocycles. The molecule has 2 aromatic carbocycles. The fourth-order valence-electron chi connectivity index (χ4n) is 3.51. The van der Waals surface area contributed by atoms with Crippen LogP contribution >= 0.6 is 0 Å². The third-order valence-electron chi connectivity index (χ3n) is 5.22. The van der Waals surface area contributed by atoms with E-state index < -0.39 is 0 Å². The SMILES string of the molecule is COc1ccc(C)cc1NC(=O)C(C)N1CCN(c2cccc(C)c2)CC1. The van der Waals surface area contributed by atoms with Gasteiger partial charge in [-0.2, -0.15) is 0 Å². The lowest BCUT2D eigenvalue weighted by Gasteiger charge is -2.38. The van der Waals surface area contributed by atoms with Crippen LogP contribution in [0.5, 0.6) is 5.75 Å². The highest BCUT2D eigenvalue weighted by Crippen LogP contribution is 2.26. The summed E-state index contributed by atoms with van der Waals surface area (Å²) in [7, 11) is 1.62. The number of piperazine rings is 1. The van der Waals surface area contributed by atoms with Crippen LogP contribution in [0.4, 0.5) is 11.4 Å². The predicted octanol–water partition coefficient (Wildman–Crippen LogP) is 3.46. The molecule has 1 fully saturated rings. The normalized spacial score (nSPS) is 16.1. The summed E-state index contributed by atoms with van der Waals surface area (Å²) in [6.07, 6.45) is 0.